The van der Waals surface area contributed by atoms with Crippen LogP contribution in [0, 0.1) is 0 Å². The fourth-order valence-electron chi connectivity index (χ4n) is 6.32. The van der Waals surface area contributed by atoms with Gasteiger partial charge in [0.25, 0.3) is 5.56 Å². The molecular weight excluding hydrogens is 739 g/mol. The minimum absolute atomic E-state index is 0.0459. The number of hydrogen-bond donors (Lipinski definition) is 1. The van der Waals surface area contributed by atoms with Gasteiger partial charge in [0.15, 0.2) is 29.3 Å². The molecule has 7 aromatic rings. The van der Waals surface area contributed by atoms with Crippen molar-refractivity contribution in [2.24, 2.45) is 19.3 Å². The van der Waals surface area contributed by atoms with Crippen molar-refractivity contribution in [3.05, 3.63) is 127 Å². The lowest BCUT2D eigenvalue weighted by atomic mass is 10.1. The van der Waals surface area contributed by atoms with Gasteiger partial charge in [0.2, 0.25) is 0 Å². The first-order valence-corrected chi connectivity index (χ1v) is 17.2. The Balaban J connectivity index is 1.32. The summed E-state index contributed by atoms with van der Waals surface area (Å²) in [7, 11) is 3.05. The van der Waals surface area contributed by atoms with Crippen LogP contribution in [-0.2, 0) is 36.8 Å². The van der Waals surface area contributed by atoms with Crippen molar-refractivity contribution in [2.75, 3.05) is 0 Å². The fourth-order valence-corrected chi connectivity index (χ4v) is 6.77. The number of oxime groups is 1. The van der Waals surface area contributed by atoms with Crippen molar-refractivity contribution in [2.45, 2.75) is 39.5 Å². The minimum atomic E-state index is -1.30. The predicted octanol–water partition coefficient (Wildman–Crippen LogP) is 6.37. The number of fused-ring (bicyclic) bond motifs is 3. The second kappa shape index (κ2) is 13.7. The van der Waals surface area contributed by atoms with Crippen molar-refractivity contribution in [1.82, 2.24) is 32.8 Å². The molecule has 0 amide bonds. The van der Waals surface area contributed by atoms with Gasteiger partial charge in [0, 0.05) is 52.9 Å². The Labute approximate surface area is 315 Å². The number of carboxylic acid groups (broad SMARTS) is 1. The Kier molecular flexibility index (Phi) is 9.15. The molecule has 0 bridgehead atoms. The minimum Gasteiger partial charge on any atom is -0.464 e. The van der Waals surface area contributed by atoms with E-state index in [1.54, 1.807) is 94.8 Å². The number of benzene rings is 2. The Morgan fingerprint density at radius 3 is 2.09 bits per heavy atom. The molecule has 0 saturated carbocycles. The molecule has 15 nitrogen and oxygen atoms in total. The maximum atomic E-state index is 14.1. The summed E-state index contributed by atoms with van der Waals surface area (Å²) in [6.45, 7) is 4.72. The summed E-state index contributed by atoms with van der Waals surface area (Å²) in [6.07, 6.45) is 1.17. The van der Waals surface area contributed by atoms with Crippen LogP contribution < -0.4 is 11.2 Å². The van der Waals surface area contributed by atoms with E-state index in [1.807, 2.05) is 0 Å². The first kappa shape index (κ1) is 36.2. The van der Waals surface area contributed by atoms with Crippen molar-refractivity contribution < 1.29 is 24.3 Å². The van der Waals surface area contributed by atoms with Crippen molar-refractivity contribution in [3.63, 3.8) is 0 Å². The van der Waals surface area contributed by atoms with Crippen LogP contribution in [0.5, 0.6) is 0 Å². The average Bonchev–Trinajstić information content (AvgIpc) is 3.79. The summed E-state index contributed by atoms with van der Waals surface area (Å²) < 4.78 is 11.7. The third-order valence-electron chi connectivity index (χ3n) is 8.72. The Morgan fingerprint density at radius 2 is 1.48 bits per heavy atom. The molecule has 5 aromatic heterocycles. The second-order valence-corrected chi connectivity index (χ2v) is 14.2. The molecule has 276 valence electrons. The number of pyridine rings is 1. The molecule has 0 aliphatic rings. The topological polar surface area (TPSA) is 170 Å². The van der Waals surface area contributed by atoms with Gasteiger partial charge < -0.3 is 19.2 Å². The first-order chi connectivity index (χ1) is 25.7. The molecule has 1 N–H and O–H groups in total. The molecule has 0 spiro atoms. The number of imidazole rings is 1. The van der Waals surface area contributed by atoms with Gasteiger partial charge in [-0.05, 0) is 69.3 Å². The zero-order valence-corrected chi connectivity index (χ0v) is 31.1. The number of nitrogens with zero attached hydrogens (tertiary/aromatic N) is 8. The molecule has 0 fully saturated rings. The zero-order chi connectivity index (χ0) is 38.6. The van der Waals surface area contributed by atoms with E-state index in [-0.39, 0.29) is 41.5 Å². The van der Waals surface area contributed by atoms with Crippen LogP contribution in [0.4, 0.5) is 9.59 Å². The molecule has 7 rings (SSSR count). The highest BCUT2D eigenvalue weighted by molar-refractivity contribution is 6.36. The van der Waals surface area contributed by atoms with Gasteiger partial charge in [-0.1, -0.05) is 40.5 Å². The van der Waals surface area contributed by atoms with Crippen LogP contribution in [0.15, 0.2) is 87.8 Å². The third kappa shape index (κ3) is 6.30. The van der Waals surface area contributed by atoms with Crippen LogP contribution in [-0.4, -0.2) is 61.4 Å². The van der Waals surface area contributed by atoms with Crippen LogP contribution >= 0.6 is 23.2 Å². The summed E-state index contributed by atoms with van der Waals surface area (Å²) in [6, 6.07) is 16.6. The summed E-state index contributed by atoms with van der Waals surface area (Å²) in [5.74, 6) is 0.170. The lowest BCUT2D eigenvalue weighted by Crippen LogP contribution is -2.40. The number of aryl methyl sites for hydroxylation is 2. The van der Waals surface area contributed by atoms with E-state index in [2.05, 4.69) is 15.1 Å². The molecule has 0 atom stereocenters. The SMILES string of the molecule is Cn1c(/C(=N\OCc2cc3c(Cl)cccc3n2C(=O)OC(C)(C)C)c2ccncc2)nc2c1c(=O)n(Cc1cc3c(Cl)cccc3n1C(=O)O)c(=O)n2C. The van der Waals surface area contributed by atoms with E-state index in [1.165, 1.54) is 26.8 Å². The lowest BCUT2D eigenvalue weighted by Gasteiger charge is -2.20. The van der Waals surface area contributed by atoms with Crippen LogP contribution in [0.1, 0.15) is 43.5 Å². The Bertz CT molecular complexity index is 2810. The van der Waals surface area contributed by atoms with Gasteiger partial charge >= 0.3 is 17.9 Å². The van der Waals surface area contributed by atoms with E-state index >= 15 is 0 Å². The van der Waals surface area contributed by atoms with Gasteiger partial charge in [-0.15, -0.1) is 0 Å². The van der Waals surface area contributed by atoms with Crippen LogP contribution in [0.3, 0.4) is 0 Å². The number of rotatable bonds is 7. The number of halogens is 2. The molecule has 0 saturated heterocycles. The van der Waals surface area contributed by atoms with E-state index < -0.39 is 29.0 Å². The molecule has 0 aliphatic heterocycles. The summed E-state index contributed by atoms with van der Waals surface area (Å²) in [5.41, 5.74) is -0.0106. The Hall–Kier alpha value is -6.19. The van der Waals surface area contributed by atoms with Gasteiger partial charge in [-0.3, -0.25) is 18.9 Å². The molecule has 0 radical (unpaired) electrons. The maximum Gasteiger partial charge on any atom is 0.419 e. The van der Waals surface area contributed by atoms with Gasteiger partial charge in [0.1, 0.15) is 5.60 Å². The number of carbonyl (C=O) groups excluding carboxylic acids is 1. The highest BCUT2D eigenvalue weighted by Crippen LogP contribution is 2.30. The zero-order valence-electron chi connectivity index (χ0n) is 29.6. The number of hydrogen-bond acceptors (Lipinski definition) is 9. The van der Waals surface area contributed by atoms with Gasteiger partial charge in [-0.25, -0.2) is 28.5 Å². The number of ether oxygens (including phenoxy) is 1. The van der Waals surface area contributed by atoms with Crippen molar-refractivity contribution >= 4 is 74.1 Å². The number of carbonyl (C=O) groups is 2. The van der Waals surface area contributed by atoms with E-state index in [0.29, 0.717) is 43.1 Å². The van der Waals surface area contributed by atoms with Gasteiger partial charge in [-0.2, -0.15) is 0 Å². The third-order valence-corrected chi connectivity index (χ3v) is 9.38. The molecule has 54 heavy (non-hydrogen) atoms. The van der Waals surface area contributed by atoms with Crippen molar-refractivity contribution in [1.29, 1.82) is 0 Å². The molecule has 2 aromatic carbocycles. The first-order valence-electron chi connectivity index (χ1n) is 16.5. The monoisotopic (exact) mass is 770 g/mol. The van der Waals surface area contributed by atoms with E-state index in [0.717, 1.165) is 9.13 Å². The second-order valence-electron chi connectivity index (χ2n) is 13.4. The quantitative estimate of drug-likeness (QED) is 0.143. The smallest absolute Gasteiger partial charge is 0.419 e. The lowest BCUT2D eigenvalue weighted by molar-refractivity contribution is 0.0521. The summed E-state index contributed by atoms with van der Waals surface area (Å²) >= 11 is 12.8. The summed E-state index contributed by atoms with van der Waals surface area (Å²) in [4.78, 5) is 68.3. The molecule has 17 heteroatoms. The Morgan fingerprint density at radius 1 is 0.870 bits per heavy atom. The average molecular weight is 772 g/mol. The van der Waals surface area contributed by atoms with E-state index in [9.17, 15) is 24.3 Å². The summed E-state index contributed by atoms with van der Waals surface area (Å²) in [5, 5.41) is 16.3. The normalized spacial score (nSPS) is 12.2. The molecule has 0 unspecified atom stereocenters. The highest BCUT2D eigenvalue weighted by Gasteiger charge is 2.26. The van der Waals surface area contributed by atoms with Crippen molar-refractivity contribution in [3.8, 4) is 0 Å². The predicted molar refractivity (Wildman–Crippen MR) is 203 cm³/mol. The highest BCUT2D eigenvalue weighted by atomic mass is 35.5. The molecular formula is C37H32Cl2N8O7. The molecule has 0 aliphatic carbocycles. The van der Waals surface area contributed by atoms with E-state index in [4.69, 9.17) is 32.8 Å². The van der Waals surface area contributed by atoms with Crippen LogP contribution in [0.25, 0.3) is 33.0 Å². The van der Waals surface area contributed by atoms with Gasteiger partial charge in [0.05, 0.1) is 29.0 Å². The number of aromatic nitrogens is 7. The van der Waals surface area contributed by atoms with Crippen LogP contribution in [0.2, 0.25) is 10.0 Å². The fraction of sp³-hybridized carbons (Fsp3) is 0.216. The molecule has 5 heterocycles. The maximum absolute atomic E-state index is 14.1. The largest absolute Gasteiger partial charge is 0.464 e. The standard InChI is InChI=1S/C37H32Cl2N8O7/c1-37(2,3)54-36(52)47-22(17-24-26(39)9-7-11-28(24)47)19-53-42-29(20-12-14-40-15-13-20)31-41-32-30(43(31)4)33(48)45(34(49)44(32)5)18-21-16-23-25(38)8-6-10-27(23)46(21)35(50)51/h6-17H,18-19H2,1-5H3,(H,50,51)/b42-29-.